The zero-order chi connectivity index (χ0) is 15.4. The summed E-state index contributed by atoms with van der Waals surface area (Å²) in [6.07, 6.45) is -0.895. The van der Waals surface area contributed by atoms with Gasteiger partial charge >= 0.3 is 5.97 Å². The number of carbonyl (C=O) groups excluding carboxylic acids is 1. The van der Waals surface area contributed by atoms with E-state index in [0.29, 0.717) is 0 Å². The maximum atomic E-state index is 13.0. The van der Waals surface area contributed by atoms with Gasteiger partial charge in [0, 0.05) is 6.07 Å². The van der Waals surface area contributed by atoms with Gasteiger partial charge in [0.05, 0.1) is 5.69 Å². The van der Waals surface area contributed by atoms with E-state index in [9.17, 15) is 14.0 Å². The van der Waals surface area contributed by atoms with E-state index in [1.54, 1.807) is 5.38 Å². The Balaban J connectivity index is 2.03. The van der Waals surface area contributed by atoms with Crippen molar-refractivity contribution in [3.63, 3.8) is 0 Å². The van der Waals surface area contributed by atoms with Crippen LogP contribution in [-0.4, -0.2) is 23.1 Å². The van der Waals surface area contributed by atoms with Gasteiger partial charge in [-0.15, -0.1) is 11.3 Å². The van der Waals surface area contributed by atoms with E-state index in [0.717, 1.165) is 17.4 Å². The van der Waals surface area contributed by atoms with E-state index in [1.807, 2.05) is 0 Å². The van der Waals surface area contributed by atoms with Gasteiger partial charge in [-0.1, -0.05) is 6.07 Å². The molecule has 2 aromatic rings. The predicted octanol–water partition coefficient (Wildman–Crippen LogP) is 2.99. The Morgan fingerprint density at radius 1 is 1.38 bits per heavy atom. The van der Waals surface area contributed by atoms with Gasteiger partial charge in [0.15, 0.2) is 6.10 Å². The fraction of sp³-hybridized carbons (Fsp3) is 0.143. The van der Waals surface area contributed by atoms with Crippen LogP contribution in [0.1, 0.15) is 16.6 Å². The zero-order valence-corrected chi connectivity index (χ0v) is 11.8. The highest BCUT2D eigenvalue weighted by Gasteiger charge is 2.19. The number of benzene rings is 1. The highest BCUT2D eigenvalue weighted by atomic mass is 32.1. The molecule has 110 valence electrons. The smallest absolute Gasteiger partial charge is 0.348 e. The maximum absolute atomic E-state index is 13.0. The Labute approximate surface area is 124 Å². The number of halogens is 1. The molecule has 0 spiro atoms. The number of thiophene rings is 1. The number of carboxylic acids is 1. The number of nitrogens with one attached hydrogen (secondary N) is 1. The number of aromatic carboxylic acids is 1. The number of anilines is 1. The first-order valence-corrected chi connectivity index (χ1v) is 6.89. The van der Waals surface area contributed by atoms with Crippen molar-refractivity contribution in [1.82, 2.24) is 0 Å². The molecule has 1 heterocycles. The van der Waals surface area contributed by atoms with Gasteiger partial charge < -0.3 is 15.2 Å². The second-order valence-electron chi connectivity index (χ2n) is 4.18. The number of hydrogen-bond acceptors (Lipinski definition) is 4. The Kier molecular flexibility index (Phi) is 4.54. The average molecular weight is 309 g/mol. The summed E-state index contributed by atoms with van der Waals surface area (Å²) >= 11 is 1.01. The molecule has 1 atom stereocenters. The second kappa shape index (κ2) is 6.36. The minimum absolute atomic E-state index is 0.0429. The molecule has 7 heteroatoms. The highest BCUT2D eigenvalue weighted by Crippen LogP contribution is 2.22. The lowest BCUT2D eigenvalue weighted by Crippen LogP contribution is -2.30. The number of carbonyl (C=O) groups is 2. The Morgan fingerprint density at radius 3 is 2.81 bits per heavy atom. The molecule has 0 aliphatic carbocycles. The van der Waals surface area contributed by atoms with Crippen LogP contribution in [0.5, 0.6) is 5.75 Å². The van der Waals surface area contributed by atoms with Crippen molar-refractivity contribution in [2.24, 2.45) is 0 Å². The molecule has 1 unspecified atom stereocenters. The van der Waals surface area contributed by atoms with Gasteiger partial charge in [-0.3, -0.25) is 4.79 Å². The highest BCUT2D eigenvalue weighted by molar-refractivity contribution is 7.12. The predicted molar refractivity (Wildman–Crippen MR) is 76.4 cm³/mol. The Hall–Kier alpha value is -2.41. The van der Waals surface area contributed by atoms with Gasteiger partial charge in [0.1, 0.15) is 16.4 Å². The van der Waals surface area contributed by atoms with Crippen LogP contribution in [0.25, 0.3) is 0 Å². The standard InChI is InChI=1S/C14H12FNO4S/c1-8(20-10-4-2-3-9(15)7-10)13(17)16-11-5-6-21-12(11)14(18)19/h2-8H,1H3,(H,16,17)(H,18,19). The SMILES string of the molecule is CC(Oc1cccc(F)c1)C(=O)Nc1ccsc1C(=O)O. The van der Waals surface area contributed by atoms with Crippen LogP contribution in [0.4, 0.5) is 10.1 Å². The van der Waals surface area contributed by atoms with E-state index in [2.05, 4.69) is 5.32 Å². The average Bonchev–Trinajstić information content (AvgIpc) is 2.87. The maximum Gasteiger partial charge on any atom is 0.348 e. The van der Waals surface area contributed by atoms with Crippen molar-refractivity contribution in [3.8, 4) is 5.75 Å². The molecule has 2 rings (SSSR count). The van der Waals surface area contributed by atoms with Crippen LogP contribution in [0.15, 0.2) is 35.7 Å². The van der Waals surface area contributed by atoms with Crippen molar-refractivity contribution in [3.05, 3.63) is 46.4 Å². The fourth-order valence-electron chi connectivity index (χ4n) is 1.61. The number of hydrogen-bond donors (Lipinski definition) is 2. The minimum atomic E-state index is -1.11. The summed E-state index contributed by atoms with van der Waals surface area (Å²) in [6.45, 7) is 1.49. The number of carboxylic acid groups (broad SMARTS) is 1. The van der Waals surface area contributed by atoms with Crippen LogP contribution in [0, 0.1) is 5.82 Å². The summed E-state index contributed by atoms with van der Waals surface area (Å²) < 4.78 is 18.3. The molecule has 0 radical (unpaired) electrons. The van der Waals surface area contributed by atoms with Crippen molar-refractivity contribution >= 4 is 28.9 Å². The molecule has 0 fully saturated rings. The number of rotatable bonds is 5. The second-order valence-corrected chi connectivity index (χ2v) is 5.09. The first kappa shape index (κ1) is 15.0. The van der Waals surface area contributed by atoms with E-state index < -0.39 is 23.8 Å². The molecule has 1 aromatic heterocycles. The Bertz CT molecular complexity index is 670. The van der Waals surface area contributed by atoms with Crippen molar-refractivity contribution in [1.29, 1.82) is 0 Å². The van der Waals surface area contributed by atoms with Gasteiger partial charge in [-0.2, -0.15) is 0 Å². The summed E-state index contributed by atoms with van der Waals surface area (Å²) in [5, 5.41) is 13.0. The van der Waals surface area contributed by atoms with E-state index in [-0.39, 0.29) is 16.3 Å². The third-order valence-corrected chi connectivity index (χ3v) is 3.50. The molecule has 0 bridgehead atoms. The van der Waals surface area contributed by atoms with Crippen LogP contribution in [-0.2, 0) is 4.79 Å². The number of amides is 1. The molecule has 0 aliphatic rings. The van der Waals surface area contributed by atoms with Crippen molar-refractivity contribution in [2.75, 3.05) is 5.32 Å². The molecule has 0 aliphatic heterocycles. The lowest BCUT2D eigenvalue weighted by Gasteiger charge is -2.14. The summed E-state index contributed by atoms with van der Waals surface area (Å²) in [5.74, 6) is -1.87. The lowest BCUT2D eigenvalue weighted by atomic mass is 10.3. The Morgan fingerprint density at radius 2 is 2.14 bits per heavy atom. The van der Waals surface area contributed by atoms with E-state index in [1.165, 1.54) is 31.2 Å². The molecule has 1 aromatic carbocycles. The van der Waals surface area contributed by atoms with Gasteiger partial charge in [-0.25, -0.2) is 9.18 Å². The quantitative estimate of drug-likeness (QED) is 0.890. The molecule has 0 saturated carbocycles. The first-order valence-electron chi connectivity index (χ1n) is 6.01. The van der Waals surface area contributed by atoms with Crippen molar-refractivity contribution in [2.45, 2.75) is 13.0 Å². The number of ether oxygens (including phenoxy) is 1. The third kappa shape index (κ3) is 3.79. The minimum Gasteiger partial charge on any atom is -0.481 e. The fourth-order valence-corrected chi connectivity index (χ4v) is 2.29. The molecule has 21 heavy (non-hydrogen) atoms. The van der Waals surface area contributed by atoms with Crippen molar-refractivity contribution < 1.29 is 23.8 Å². The first-order chi connectivity index (χ1) is 9.97. The van der Waals surface area contributed by atoms with Gasteiger partial charge in [0.25, 0.3) is 5.91 Å². The van der Waals surface area contributed by atoms with Gasteiger partial charge in [-0.05, 0) is 30.5 Å². The molecular formula is C14H12FNO4S. The largest absolute Gasteiger partial charge is 0.481 e. The summed E-state index contributed by atoms with van der Waals surface area (Å²) in [7, 11) is 0. The van der Waals surface area contributed by atoms with Crippen LogP contribution in [0.2, 0.25) is 0 Å². The van der Waals surface area contributed by atoms with Gasteiger partial charge in [0.2, 0.25) is 0 Å². The molecule has 1 amide bonds. The summed E-state index contributed by atoms with van der Waals surface area (Å²) in [4.78, 5) is 22.9. The summed E-state index contributed by atoms with van der Waals surface area (Å²) in [5.41, 5.74) is 0.215. The van der Waals surface area contributed by atoms with E-state index in [4.69, 9.17) is 9.84 Å². The molecule has 5 nitrogen and oxygen atoms in total. The zero-order valence-electron chi connectivity index (χ0n) is 11.0. The van der Waals surface area contributed by atoms with Crippen LogP contribution < -0.4 is 10.1 Å². The van der Waals surface area contributed by atoms with E-state index >= 15 is 0 Å². The molecule has 2 N–H and O–H groups in total. The molecular weight excluding hydrogens is 297 g/mol. The third-order valence-electron chi connectivity index (χ3n) is 2.60. The monoisotopic (exact) mass is 309 g/mol. The van der Waals surface area contributed by atoms with Crippen LogP contribution in [0.3, 0.4) is 0 Å². The normalized spacial score (nSPS) is 11.7. The lowest BCUT2D eigenvalue weighted by molar-refractivity contribution is -0.122. The topological polar surface area (TPSA) is 75.6 Å². The molecule has 0 saturated heterocycles. The summed E-state index contributed by atoms with van der Waals surface area (Å²) in [6, 6.07) is 6.93. The van der Waals surface area contributed by atoms with Crippen LogP contribution >= 0.6 is 11.3 Å².